The Bertz CT molecular complexity index is 1220. The fourth-order valence-corrected chi connectivity index (χ4v) is 4.87. The molecule has 2 amide bonds. The lowest BCUT2D eigenvalue weighted by Gasteiger charge is -2.25. The van der Waals surface area contributed by atoms with Crippen LogP contribution >= 0.6 is 0 Å². The van der Waals surface area contributed by atoms with Crippen molar-refractivity contribution in [3.8, 4) is 5.75 Å². The van der Waals surface area contributed by atoms with Crippen LogP contribution in [0.25, 0.3) is 10.9 Å². The first-order valence-corrected chi connectivity index (χ1v) is 12.7. The zero-order valence-electron chi connectivity index (χ0n) is 20.7. The molecule has 0 bridgehead atoms. The Hall–Kier alpha value is -3.74. The standard InChI is InChI=1S/C29H33N3O4/c1-30-28(34)26(15-9-18-33)32-20-24-21(11-8-13-22(24)29(32)35)10-4-2-3-7-19-36-27-16-17-31-25-14-6-5-12-23(25)27/h5-6,8,11-14,16-18,26H,2-4,7,9-10,15,19-20H2,1H3,(H,30,34). The third-order valence-electron chi connectivity index (χ3n) is 6.78. The van der Waals surface area contributed by atoms with E-state index in [2.05, 4.69) is 16.4 Å². The fourth-order valence-electron chi connectivity index (χ4n) is 4.87. The summed E-state index contributed by atoms with van der Waals surface area (Å²) in [4.78, 5) is 42.3. The van der Waals surface area contributed by atoms with Crippen molar-refractivity contribution in [1.29, 1.82) is 0 Å². The van der Waals surface area contributed by atoms with E-state index in [1.54, 1.807) is 18.1 Å². The maximum atomic E-state index is 13.1. The second kappa shape index (κ2) is 12.3. The maximum absolute atomic E-state index is 13.1. The zero-order valence-corrected chi connectivity index (χ0v) is 20.7. The molecule has 0 saturated heterocycles. The van der Waals surface area contributed by atoms with Crippen LogP contribution in [-0.2, 0) is 22.6 Å². The molecular weight excluding hydrogens is 454 g/mol. The number of rotatable bonds is 13. The number of pyridine rings is 1. The molecule has 2 aromatic carbocycles. The lowest BCUT2D eigenvalue weighted by Crippen LogP contribution is -2.46. The van der Waals surface area contributed by atoms with Gasteiger partial charge in [-0.15, -0.1) is 0 Å². The van der Waals surface area contributed by atoms with Crippen molar-refractivity contribution in [2.75, 3.05) is 13.7 Å². The summed E-state index contributed by atoms with van der Waals surface area (Å²) in [6, 6.07) is 15.1. The highest BCUT2D eigenvalue weighted by atomic mass is 16.5. The molecule has 1 atom stereocenters. The molecule has 7 nitrogen and oxygen atoms in total. The molecule has 0 fully saturated rings. The van der Waals surface area contributed by atoms with Gasteiger partial charge in [-0.1, -0.05) is 37.1 Å². The number of aromatic nitrogens is 1. The van der Waals surface area contributed by atoms with E-state index in [0.717, 1.165) is 66.2 Å². The number of aryl methyl sites for hydroxylation is 1. The number of hydrogen-bond donors (Lipinski definition) is 1. The smallest absolute Gasteiger partial charge is 0.255 e. The first-order valence-electron chi connectivity index (χ1n) is 12.7. The zero-order chi connectivity index (χ0) is 25.3. The van der Waals surface area contributed by atoms with Crippen molar-refractivity contribution in [3.05, 3.63) is 71.4 Å². The van der Waals surface area contributed by atoms with Crippen LogP contribution < -0.4 is 10.1 Å². The highest BCUT2D eigenvalue weighted by Crippen LogP contribution is 2.30. The third-order valence-corrected chi connectivity index (χ3v) is 6.78. The Morgan fingerprint density at radius 2 is 1.94 bits per heavy atom. The molecule has 7 heteroatoms. The molecule has 0 aliphatic carbocycles. The number of aldehydes is 1. The van der Waals surface area contributed by atoms with E-state index in [4.69, 9.17) is 4.74 Å². The summed E-state index contributed by atoms with van der Waals surface area (Å²) in [6.45, 7) is 1.08. The summed E-state index contributed by atoms with van der Waals surface area (Å²) in [5.74, 6) is 0.506. The Balaban J connectivity index is 1.26. The molecule has 1 aliphatic rings. The van der Waals surface area contributed by atoms with Crippen LogP contribution in [-0.4, -0.2) is 47.7 Å². The maximum Gasteiger partial charge on any atom is 0.255 e. The normalized spacial score (nSPS) is 13.5. The number of benzene rings is 2. The summed E-state index contributed by atoms with van der Waals surface area (Å²) in [5.41, 5.74) is 3.78. The highest BCUT2D eigenvalue weighted by molar-refractivity contribution is 6.01. The average Bonchev–Trinajstić information content (AvgIpc) is 3.25. The number of carbonyl (C=O) groups excluding carboxylic acids is 3. The van der Waals surface area contributed by atoms with Crippen LogP contribution in [0.1, 0.15) is 60.0 Å². The van der Waals surface area contributed by atoms with E-state index >= 15 is 0 Å². The molecule has 1 aliphatic heterocycles. The first kappa shape index (κ1) is 25.4. The molecule has 0 saturated carbocycles. The van der Waals surface area contributed by atoms with Crippen LogP contribution in [0.15, 0.2) is 54.7 Å². The lowest BCUT2D eigenvalue weighted by atomic mass is 9.98. The number of amides is 2. The van der Waals surface area contributed by atoms with Crippen LogP contribution in [0.4, 0.5) is 0 Å². The van der Waals surface area contributed by atoms with Crippen molar-refractivity contribution in [2.24, 2.45) is 0 Å². The number of fused-ring (bicyclic) bond motifs is 2. The van der Waals surface area contributed by atoms with Gasteiger partial charge in [0.05, 0.1) is 12.1 Å². The number of likely N-dealkylation sites (N-methyl/N-ethyl adjacent to an activating group) is 1. The van der Waals surface area contributed by atoms with E-state index < -0.39 is 6.04 Å². The summed E-state index contributed by atoms with van der Waals surface area (Å²) in [5, 5.41) is 3.66. The predicted molar refractivity (Wildman–Crippen MR) is 139 cm³/mol. The van der Waals surface area contributed by atoms with Crippen molar-refractivity contribution in [3.63, 3.8) is 0 Å². The van der Waals surface area contributed by atoms with E-state index in [1.807, 2.05) is 42.5 Å². The SMILES string of the molecule is CNC(=O)C(CCC=O)N1Cc2c(CCCCCCOc3ccnc4ccccc34)cccc2C1=O. The van der Waals surface area contributed by atoms with E-state index in [9.17, 15) is 14.4 Å². The van der Waals surface area contributed by atoms with E-state index in [1.165, 1.54) is 0 Å². The van der Waals surface area contributed by atoms with Gasteiger partial charge in [-0.3, -0.25) is 14.6 Å². The summed E-state index contributed by atoms with van der Waals surface area (Å²) in [6.07, 6.45) is 8.16. The van der Waals surface area contributed by atoms with Gasteiger partial charge in [-0.25, -0.2) is 0 Å². The molecule has 4 rings (SSSR count). The fraction of sp³-hybridized carbons (Fsp3) is 0.379. The number of unbranched alkanes of at least 4 members (excludes halogenated alkanes) is 3. The summed E-state index contributed by atoms with van der Waals surface area (Å²) in [7, 11) is 1.56. The van der Waals surface area contributed by atoms with Crippen molar-refractivity contribution < 1.29 is 19.1 Å². The minimum atomic E-state index is -0.634. The average molecular weight is 488 g/mol. The number of para-hydroxylation sites is 1. The third kappa shape index (κ3) is 5.73. The second-order valence-corrected chi connectivity index (χ2v) is 9.09. The highest BCUT2D eigenvalue weighted by Gasteiger charge is 2.36. The molecule has 188 valence electrons. The number of nitrogens with zero attached hydrogens (tertiary/aromatic N) is 2. The largest absolute Gasteiger partial charge is 0.493 e. The molecule has 0 spiro atoms. The Morgan fingerprint density at radius 1 is 1.11 bits per heavy atom. The topological polar surface area (TPSA) is 88.6 Å². The summed E-state index contributed by atoms with van der Waals surface area (Å²) < 4.78 is 6.01. The minimum absolute atomic E-state index is 0.132. The molecule has 2 heterocycles. The first-order chi connectivity index (χ1) is 17.6. The predicted octanol–water partition coefficient (Wildman–Crippen LogP) is 4.47. The number of carbonyl (C=O) groups is 3. The molecule has 36 heavy (non-hydrogen) atoms. The van der Waals surface area contributed by atoms with Crippen LogP contribution in [0.3, 0.4) is 0 Å². The Kier molecular flexibility index (Phi) is 8.66. The van der Waals surface area contributed by atoms with Gasteiger partial charge in [-0.05, 0) is 61.1 Å². The molecule has 1 N–H and O–H groups in total. The van der Waals surface area contributed by atoms with Gasteiger partial charge in [0, 0.05) is 37.2 Å². The molecular formula is C29H33N3O4. The van der Waals surface area contributed by atoms with Crippen LogP contribution in [0, 0.1) is 0 Å². The van der Waals surface area contributed by atoms with Gasteiger partial charge in [0.15, 0.2) is 0 Å². The Labute approximate surface area is 211 Å². The summed E-state index contributed by atoms with van der Waals surface area (Å²) >= 11 is 0. The van der Waals surface area contributed by atoms with Gasteiger partial charge in [0.25, 0.3) is 5.91 Å². The number of hydrogen-bond acceptors (Lipinski definition) is 5. The quantitative estimate of drug-likeness (QED) is 0.284. The number of nitrogens with one attached hydrogen (secondary N) is 1. The van der Waals surface area contributed by atoms with Gasteiger partial charge in [-0.2, -0.15) is 0 Å². The minimum Gasteiger partial charge on any atom is -0.493 e. The van der Waals surface area contributed by atoms with Gasteiger partial charge >= 0.3 is 0 Å². The number of ether oxygens (including phenoxy) is 1. The Morgan fingerprint density at radius 3 is 2.78 bits per heavy atom. The van der Waals surface area contributed by atoms with Crippen molar-refractivity contribution >= 4 is 29.0 Å². The monoisotopic (exact) mass is 487 g/mol. The molecule has 3 aromatic rings. The van der Waals surface area contributed by atoms with Gasteiger partial charge < -0.3 is 19.7 Å². The lowest BCUT2D eigenvalue weighted by molar-refractivity contribution is -0.125. The van der Waals surface area contributed by atoms with E-state index in [0.29, 0.717) is 25.1 Å². The molecule has 1 aromatic heterocycles. The molecule has 0 radical (unpaired) electrons. The van der Waals surface area contributed by atoms with Crippen molar-refractivity contribution in [1.82, 2.24) is 15.2 Å². The van der Waals surface area contributed by atoms with E-state index in [-0.39, 0.29) is 18.2 Å². The van der Waals surface area contributed by atoms with Crippen molar-refractivity contribution in [2.45, 2.75) is 57.5 Å². The second-order valence-electron chi connectivity index (χ2n) is 9.09. The van der Waals surface area contributed by atoms with Gasteiger partial charge in [0.1, 0.15) is 18.1 Å². The van der Waals surface area contributed by atoms with Crippen LogP contribution in [0.5, 0.6) is 5.75 Å². The molecule has 1 unspecified atom stereocenters. The van der Waals surface area contributed by atoms with Crippen LogP contribution in [0.2, 0.25) is 0 Å². The van der Waals surface area contributed by atoms with Gasteiger partial charge in [0.2, 0.25) is 5.91 Å².